The molecule has 1 aromatic heterocycles. The molecular formula is C21H29ClN4O2. The van der Waals surface area contributed by atoms with Crippen molar-refractivity contribution in [3.8, 4) is 0 Å². The third-order valence-corrected chi connectivity index (χ3v) is 4.85. The van der Waals surface area contributed by atoms with Gasteiger partial charge in [-0.1, -0.05) is 37.6 Å². The van der Waals surface area contributed by atoms with E-state index in [1.54, 1.807) is 24.3 Å². The molecule has 7 heteroatoms. The number of hydrogen-bond donors (Lipinski definition) is 2. The Morgan fingerprint density at radius 2 is 1.82 bits per heavy atom. The minimum absolute atomic E-state index is 0.0394. The van der Waals surface area contributed by atoms with E-state index in [1.165, 1.54) is 0 Å². The fourth-order valence-electron chi connectivity index (χ4n) is 3.06. The van der Waals surface area contributed by atoms with Gasteiger partial charge in [-0.2, -0.15) is 5.10 Å². The van der Waals surface area contributed by atoms with Crippen LogP contribution in [-0.2, 0) is 17.8 Å². The van der Waals surface area contributed by atoms with Gasteiger partial charge in [0.2, 0.25) is 5.91 Å². The van der Waals surface area contributed by atoms with Crippen LogP contribution in [0.2, 0.25) is 5.02 Å². The number of carbonyl (C=O) groups excluding carboxylic acids is 2. The lowest BCUT2D eigenvalue weighted by molar-refractivity contribution is -0.121. The molecule has 28 heavy (non-hydrogen) atoms. The number of rotatable bonds is 9. The second kappa shape index (κ2) is 10.3. The zero-order valence-electron chi connectivity index (χ0n) is 17.0. The summed E-state index contributed by atoms with van der Waals surface area (Å²) >= 11 is 6.00. The molecule has 6 nitrogen and oxygen atoms in total. The second-order valence-corrected chi connectivity index (χ2v) is 7.72. The van der Waals surface area contributed by atoms with E-state index in [9.17, 15) is 9.59 Å². The molecule has 0 aliphatic heterocycles. The second-order valence-electron chi connectivity index (χ2n) is 7.31. The number of nitrogens with zero attached hydrogens (tertiary/aromatic N) is 2. The molecule has 2 rings (SSSR count). The van der Waals surface area contributed by atoms with Crippen molar-refractivity contribution in [2.45, 2.75) is 47.1 Å². The van der Waals surface area contributed by atoms with Gasteiger partial charge in [0.05, 0.1) is 16.3 Å². The van der Waals surface area contributed by atoms with Crippen molar-refractivity contribution < 1.29 is 9.59 Å². The first-order valence-corrected chi connectivity index (χ1v) is 9.99. The number of carbonyl (C=O) groups is 2. The van der Waals surface area contributed by atoms with Gasteiger partial charge in [-0.25, -0.2) is 0 Å². The van der Waals surface area contributed by atoms with Crippen molar-refractivity contribution in [3.05, 3.63) is 51.8 Å². The molecule has 0 saturated carbocycles. The van der Waals surface area contributed by atoms with Gasteiger partial charge in [0.15, 0.2) is 0 Å². The highest BCUT2D eigenvalue weighted by atomic mass is 35.5. The van der Waals surface area contributed by atoms with Gasteiger partial charge >= 0.3 is 0 Å². The van der Waals surface area contributed by atoms with Gasteiger partial charge in [-0.05, 0) is 43.9 Å². The van der Waals surface area contributed by atoms with Crippen molar-refractivity contribution in [3.63, 3.8) is 0 Å². The summed E-state index contributed by atoms with van der Waals surface area (Å²) in [5.41, 5.74) is 3.69. The summed E-state index contributed by atoms with van der Waals surface area (Å²) in [5, 5.41) is 10.6. The van der Waals surface area contributed by atoms with Crippen LogP contribution in [0.1, 0.15) is 47.6 Å². The molecule has 0 aliphatic rings. The fourth-order valence-corrected chi connectivity index (χ4v) is 3.29. The Morgan fingerprint density at radius 1 is 1.14 bits per heavy atom. The van der Waals surface area contributed by atoms with Crippen LogP contribution in [-0.4, -0.2) is 34.7 Å². The number of aromatic nitrogens is 2. The predicted octanol–water partition coefficient (Wildman–Crippen LogP) is 3.29. The fraction of sp³-hybridized carbons (Fsp3) is 0.476. The molecule has 2 amide bonds. The van der Waals surface area contributed by atoms with E-state index in [0.29, 0.717) is 42.4 Å². The third-order valence-electron chi connectivity index (χ3n) is 4.52. The first kappa shape index (κ1) is 22.0. The summed E-state index contributed by atoms with van der Waals surface area (Å²) in [6.45, 7) is 9.97. The highest BCUT2D eigenvalue weighted by molar-refractivity contribution is 6.33. The van der Waals surface area contributed by atoms with Crippen molar-refractivity contribution in [1.29, 1.82) is 0 Å². The molecule has 0 spiro atoms. The molecule has 1 aromatic carbocycles. The molecule has 2 aromatic rings. The molecule has 0 aliphatic carbocycles. The summed E-state index contributed by atoms with van der Waals surface area (Å²) < 4.78 is 2.03. The average molecular weight is 405 g/mol. The lowest BCUT2D eigenvalue weighted by Crippen LogP contribution is -2.34. The lowest BCUT2D eigenvalue weighted by atomic mass is 10.1. The SMILES string of the molecule is Cc1nn(CC(C)C)c(C)c1CCC(=O)NCCNC(=O)c1ccccc1Cl. The Labute approximate surface area is 171 Å². The van der Waals surface area contributed by atoms with E-state index in [0.717, 1.165) is 23.5 Å². The molecule has 2 N–H and O–H groups in total. The summed E-state index contributed by atoms with van der Waals surface area (Å²) in [6, 6.07) is 6.87. The molecule has 0 bridgehead atoms. The number of hydrogen-bond acceptors (Lipinski definition) is 3. The number of aryl methyl sites for hydroxylation is 1. The Kier molecular flexibility index (Phi) is 8.05. The van der Waals surface area contributed by atoms with Crippen molar-refractivity contribution in [2.75, 3.05) is 13.1 Å². The van der Waals surface area contributed by atoms with E-state index >= 15 is 0 Å². The van der Waals surface area contributed by atoms with Crippen LogP contribution >= 0.6 is 11.6 Å². The van der Waals surface area contributed by atoms with Gasteiger partial charge in [0.25, 0.3) is 5.91 Å². The van der Waals surface area contributed by atoms with Crippen LogP contribution in [0.5, 0.6) is 0 Å². The van der Waals surface area contributed by atoms with Gasteiger partial charge in [0.1, 0.15) is 0 Å². The van der Waals surface area contributed by atoms with E-state index < -0.39 is 0 Å². The molecule has 0 unspecified atom stereocenters. The lowest BCUT2D eigenvalue weighted by Gasteiger charge is -2.09. The zero-order chi connectivity index (χ0) is 20.7. The normalized spacial score (nSPS) is 10.9. The molecule has 0 fully saturated rings. The number of amides is 2. The zero-order valence-corrected chi connectivity index (χ0v) is 17.8. The van der Waals surface area contributed by atoms with Crippen LogP contribution < -0.4 is 10.6 Å². The van der Waals surface area contributed by atoms with Crippen LogP contribution in [0.3, 0.4) is 0 Å². The van der Waals surface area contributed by atoms with E-state index in [-0.39, 0.29) is 11.8 Å². The Morgan fingerprint density at radius 3 is 2.50 bits per heavy atom. The Balaban J connectivity index is 1.74. The van der Waals surface area contributed by atoms with Crippen LogP contribution in [0.15, 0.2) is 24.3 Å². The summed E-state index contributed by atoms with van der Waals surface area (Å²) in [7, 11) is 0. The minimum atomic E-state index is -0.247. The summed E-state index contributed by atoms with van der Waals surface area (Å²) in [5.74, 6) is 0.237. The number of benzene rings is 1. The molecule has 0 atom stereocenters. The maximum absolute atomic E-state index is 12.1. The third kappa shape index (κ3) is 6.09. The largest absolute Gasteiger partial charge is 0.354 e. The van der Waals surface area contributed by atoms with Gasteiger partial charge in [-0.15, -0.1) is 0 Å². The molecule has 0 saturated heterocycles. The Bertz CT molecular complexity index is 830. The van der Waals surface area contributed by atoms with Gasteiger partial charge in [0, 0.05) is 31.7 Å². The summed E-state index contributed by atoms with van der Waals surface area (Å²) in [4.78, 5) is 24.2. The maximum atomic E-state index is 12.1. The Hall–Kier alpha value is -2.34. The monoisotopic (exact) mass is 404 g/mol. The quantitative estimate of drug-likeness (QED) is 0.629. The molecule has 152 valence electrons. The highest BCUT2D eigenvalue weighted by Crippen LogP contribution is 2.16. The average Bonchev–Trinajstić information content (AvgIpc) is 2.89. The van der Waals surface area contributed by atoms with E-state index in [4.69, 9.17) is 11.6 Å². The molecule has 1 heterocycles. The summed E-state index contributed by atoms with van der Waals surface area (Å²) in [6.07, 6.45) is 1.06. The standard InChI is InChI=1S/C21H29ClN4O2/c1-14(2)13-26-16(4)17(15(3)25-26)9-10-20(27)23-11-12-24-21(28)18-7-5-6-8-19(18)22/h5-8,14H,9-13H2,1-4H3,(H,23,27)(H,24,28). The molecule has 0 radical (unpaired) electrons. The highest BCUT2D eigenvalue weighted by Gasteiger charge is 2.14. The molecular weight excluding hydrogens is 376 g/mol. The smallest absolute Gasteiger partial charge is 0.252 e. The number of halogens is 1. The topological polar surface area (TPSA) is 76.0 Å². The van der Waals surface area contributed by atoms with Crippen molar-refractivity contribution in [1.82, 2.24) is 20.4 Å². The maximum Gasteiger partial charge on any atom is 0.252 e. The van der Waals surface area contributed by atoms with Crippen LogP contribution in [0.4, 0.5) is 0 Å². The van der Waals surface area contributed by atoms with Crippen LogP contribution in [0, 0.1) is 19.8 Å². The van der Waals surface area contributed by atoms with Crippen molar-refractivity contribution >= 4 is 23.4 Å². The van der Waals surface area contributed by atoms with Crippen molar-refractivity contribution in [2.24, 2.45) is 5.92 Å². The van der Waals surface area contributed by atoms with Gasteiger partial charge < -0.3 is 10.6 Å². The first-order valence-electron chi connectivity index (χ1n) is 9.62. The van der Waals surface area contributed by atoms with E-state index in [2.05, 4.69) is 36.5 Å². The minimum Gasteiger partial charge on any atom is -0.354 e. The van der Waals surface area contributed by atoms with E-state index in [1.807, 2.05) is 11.6 Å². The van der Waals surface area contributed by atoms with Crippen LogP contribution in [0.25, 0.3) is 0 Å². The predicted molar refractivity (Wildman–Crippen MR) is 112 cm³/mol. The van der Waals surface area contributed by atoms with Gasteiger partial charge in [-0.3, -0.25) is 14.3 Å². The first-order chi connectivity index (χ1) is 13.3. The number of nitrogens with one attached hydrogen (secondary N) is 2.